The fourth-order valence-electron chi connectivity index (χ4n) is 2.70. The normalized spacial score (nSPS) is 26.2. The van der Waals surface area contributed by atoms with E-state index in [0.717, 1.165) is 0 Å². The number of nitrogens with two attached hydrogens (primary N) is 1. The summed E-state index contributed by atoms with van der Waals surface area (Å²) in [7, 11) is 3.51. The highest BCUT2D eigenvalue weighted by molar-refractivity contribution is 5.70. The molecule has 2 aromatic rings. The molecule has 4 atom stereocenters. The van der Waals surface area contributed by atoms with Gasteiger partial charge in [-0.2, -0.15) is 10.0 Å². The summed E-state index contributed by atoms with van der Waals surface area (Å²) in [6, 6.07) is 0. The summed E-state index contributed by atoms with van der Waals surface area (Å²) in [5, 5.41) is 22.1. The van der Waals surface area contributed by atoms with Crippen molar-refractivity contribution in [1.82, 2.24) is 24.6 Å². The molecule has 0 spiro atoms. The number of fused-ring (bicyclic) bond motifs is 1. The van der Waals surface area contributed by atoms with Gasteiger partial charge in [-0.15, -0.1) is 0 Å². The summed E-state index contributed by atoms with van der Waals surface area (Å²) >= 11 is 0. The van der Waals surface area contributed by atoms with E-state index in [4.69, 9.17) is 20.0 Å². The minimum absolute atomic E-state index is 0.0602. The van der Waals surface area contributed by atoms with Crippen molar-refractivity contribution < 1.29 is 24.5 Å². The highest BCUT2D eigenvalue weighted by atomic mass is 16.7. The Hall–Kier alpha value is -2.09. The van der Waals surface area contributed by atoms with Crippen LogP contribution in [0.4, 0.5) is 5.95 Å². The van der Waals surface area contributed by atoms with Gasteiger partial charge in [0, 0.05) is 14.1 Å². The van der Waals surface area contributed by atoms with E-state index in [0.29, 0.717) is 13.2 Å². The molecule has 0 aliphatic carbocycles. The van der Waals surface area contributed by atoms with Gasteiger partial charge in [-0.25, -0.2) is 4.98 Å². The molecule has 5 N–H and O–H groups in total. The lowest BCUT2D eigenvalue weighted by Gasteiger charge is -2.16. The van der Waals surface area contributed by atoms with Crippen molar-refractivity contribution in [3.05, 3.63) is 16.7 Å². The summed E-state index contributed by atoms with van der Waals surface area (Å²) in [6.07, 6.45) is -2.85. The van der Waals surface area contributed by atoms with E-state index in [1.807, 2.05) is 0 Å². The molecule has 1 aliphatic heterocycles. The van der Waals surface area contributed by atoms with Crippen LogP contribution in [0.5, 0.6) is 0 Å². The molecule has 3 heterocycles. The van der Waals surface area contributed by atoms with E-state index in [-0.39, 0.29) is 23.7 Å². The standard InChI is InChI=1S/C14H22N6O6/c1-19(2)25-4-3-24-5-7-9(21)10(22)13(26-7)20-6-16-8-11(20)17-14(15)18-12(8)23/h6-7,9-10,13,21-22H,3-5H2,1-2H3,(H3,15,17,18,23)/t7-,9-,10-,13-/m1/s1. The number of nitrogens with one attached hydrogen (secondary N) is 1. The lowest BCUT2D eigenvalue weighted by Crippen LogP contribution is -2.34. The third kappa shape index (κ3) is 3.70. The zero-order valence-electron chi connectivity index (χ0n) is 14.4. The lowest BCUT2D eigenvalue weighted by molar-refractivity contribution is -0.140. The number of hydrogen-bond acceptors (Lipinski definition) is 10. The van der Waals surface area contributed by atoms with Crippen LogP contribution >= 0.6 is 0 Å². The van der Waals surface area contributed by atoms with Gasteiger partial charge in [0.15, 0.2) is 17.4 Å². The van der Waals surface area contributed by atoms with Crippen molar-refractivity contribution in [3.8, 4) is 0 Å². The SMILES string of the molecule is CN(C)OCCOC[C@H]1O[C@@H](n2cnc3c(=O)[nH]c(N)nc32)[C@H](O)[C@@H]1O. The third-order valence-corrected chi connectivity index (χ3v) is 3.92. The molecule has 0 saturated carbocycles. The molecule has 0 bridgehead atoms. The molecule has 2 aromatic heterocycles. The lowest BCUT2D eigenvalue weighted by atomic mass is 10.1. The van der Waals surface area contributed by atoms with Crippen LogP contribution in [0.1, 0.15) is 6.23 Å². The summed E-state index contributed by atoms with van der Waals surface area (Å²) in [6.45, 7) is 0.710. The Labute approximate surface area is 148 Å². The first-order valence-electron chi connectivity index (χ1n) is 8.00. The summed E-state index contributed by atoms with van der Waals surface area (Å²) in [5.41, 5.74) is 5.28. The summed E-state index contributed by atoms with van der Waals surface area (Å²) in [4.78, 5) is 27.4. The van der Waals surface area contributed by atoms with Gasteiger partial charge in [0.25, 0.3) is 5.56 Å². The first kappa shape index (κ1) is 18.7. The minimum atomic E-state index is -1.25. The second-order valence-electron chi connectivity index (χ2n) is 6.04. The molecular formula is C14H22N6O6. The molecule has 1 fully saturated rings. The molecule has 0 radical (unpaired) electrons. The highest BCUT2D eigenvalue weighted by Gasteiger charge is 2.44. The van der Waals surface area contributed by atoms with Gasteiger partial charge in [-0.05, 0) is 0 Å². The Balaban J connectivity index is 1.69. The van der Waals surface area contributed by atoms with Crippen molar-refractivity contribution in [1.29, 1.82) is 0 Å². The van der Waals surface area contributed by atoms with Crippen LogP contribution in [0.3, 0.4) is 0 Å². The van der Waals surface area contributed by atoms with Crippen LogP contribution in [0.15, 0.2) is 11.1 Å². The Bertz CT molecular complexity index is 807. The number of imidazole rings is 1. The van der Waals surface area contributed by atoms with Crippen molar-refractivity contribution in [2.45, 2.75) is 24.5 Å². The average molecular weight is 370 g/mol. The van der Waals surface area contributed by atoms with E-state index < -0.39 is 30.1 Å². The molecule has 26 heavy (non-hydrogen) atoms. The van der Waals surface area contributed by atoms with E-state index in [1.165, 1.54) is 10.9 Å². The Morgan fingerprint density at radius 3 is 2.88 bits per heavy atom. The van der Waals surface area contributed by atoms with Crippen molar-refractivity contribution in [2.24, 2.45) is 0 Å². The van der Waals surface area contributed by atoms with Gasteiger partial charge in [-0.1, -0.05) is 0 Å². The molecule has 1 aliphatic rings. The molecule has 12 nitrogen and oxygen atoms in total. The first-order valence-corrected chi connectivity index (χ1v) is 8.00. The summed E-state index contributed by atoms with van der Waals surface area (Å²) < 4.78 is 12.5. The Morgan fingerprint density at radius 2 is 2.15 bits per heavy atom. The maximum Gasteiger partial charge on any atom is 0.280 e. The number of aromatic nitrogens is 4. The topological polar surface area (TPSA) is 161 Å². The molecule has 0 aromatic carbocycles. The maximum absolute atomic E-state index is 11.8. The van der Waals surface area contributed by atoms with Crippen LogP contribution in [-0.2, 0) is 14.3 Å². The summed E-state index contributed by atoms with van der Waals surface area (Å²) in [5.74, 6) is -0.0851. The van der Waals surface area contributed by atoms with E-state index >= 15 is 0 Å². The van der Waals surface area contributed by atoms with Gasteiger partial charge >= 0.3 is 0 Å². The van der Waals surface area contributed by atoms with Crippen LogP contribution in [0.25, 0.3) is 11.2 Å². The quantitative estimate of drug-likeness (QED) is 0.312. The number of rotatable bonds is 7. The van der Waals surface area contributed by atoms with Crippen LogP contribution in [-0.4, -0.2) is 87.0 Å². The van der Waals surface area contributed by atoms with Crippen LogP contribution in [0.2, 0.25) is 0 Å². The molecule has 0 unspecified atom stereocenters. The number of hydroxylamine groups is 2. The number of hydrogen-bond donors (Lipinski definition) is 4. The average Bonchev–Trinajstić information content (AvgIpc) is 3.10. The fourth-order valence-corrected chi connectivity index (χ4v) is 2.70. The van der Waals surface area contributed by atoms with Crippen molar-refractivity contribution in [3.63, 3.8) is 0 Å². The number of nitrogen functional groups attached to an aromatic ring is 1. The number of anilines is 1. The molecular weight excluding hydrogens is 348 g/mol. The second-order valence-corrected chi connectivity index (χ2v) is 6.04. The monoisotopic (exact) mass is 370 g/mol. The van der Waals surface area contributed by atoms with Crippen LogP contribution in [0, 0.1) is 0 Å². The van der Waals surface area contributed by atoms with E-state index in [2.05, 4.69) is 15.0 Å². The number of H-pyrrole nitrogens is 1. The van der Waals surface area contributed by atoms with Gasteiger partial charge < -0.3 is 25.4 Å². The largest absolute Gasteiger partial charge is 0.387 e. The molecule has 144 valence electrons. The Kier molecular flexibility index (Phi) is 5.50. The first-order chi connectivity index (χ1) is 12.4. The highest BCUT2D eigenvalue weighted by Crippen LogP contribution is 2.31. The van der Waals surface area contributed by atoms with E-state index in [9.17, 15) is 15.0 Å². The Morgan fingerprint density at radius 1 is 1.38 bits per heavy atom. The number of aromatic amines is 1. The molecule has 1 saturated heterocycles. The van der Waals surface area contributed by atoms with E-state index in [1.54, 1.807) is 19.2 Å². The van der Waals surface area contributed by atoms with Gasteiger partial charge in [-0.3, -0.25) is 19.2 Å². The number of aliphatic hydroxyl groups excluding tert-OH is 2. The molecule has 0 amide bonds. The number of ether oxygens (including phenoxy) is 2. The minimum Gasteiger partial charge on any atom is -0.387 e. The second kappa shape index (κ2) is 7.65. The zero-order chi connectivity index (χ0) is 18.8. The molecule has 12 heteroatoms. The van der Waals surface area contributed by atoms with Crippen molar-refractivity contribution >= 4 is 17.1 Å². The van der Waals surface area contributed by atoms with Gasteiger partial charge in [0.05, 0.1) is 26.1 Å². The van der Waals surface area contributed by atoms with Crippen LogP contribution < -0.4 is 11.3 Å². The maximum atomic E-state index is 11.8. The third-order valence-electron chi connectivity index (χ3n) is 3.92. The fraction of sp³-hybridized carbons (Fsp3) is 0.643. The molecule has 3 rings (SSSR count). The predicted molar refractivity (Wildman–Crippen MR) is 88.9 cm³/mol. The van der Waals surface area contributed by atoms with Gasteiger partial charge in [0.1, 0.15) is 18.3 Å². The predicted octanol–water partition coefficient (Wildman–Crippen LogP) is -2.17. The zero-order valence-corrected chi connectivity index (χ0v) is 14.4. The van der Waals surface area contributed by atoms with Crippen molar-refractivity contribution in [2.75, 3.05) is 39.6 Å². The smallest absolute Gasteiger partial charge is 0.280 e. The number of aliphatic hydroxyl groups is 2. The number of nitrogens with zero attached hydrogens (tertiary/aromatic N) is 4. The van der Waals surface area contributed by atoms with Gasteiger partial charge in [0.2, 0.25) is 5.95 Å².